The Hall–Kier alpha value is -0.120. The Kier molecular flexibility index (Phi) is 5.07. The number of piperidine rings is 1. The van der Waals surface area contributed by atoms with Gasteiger partial charge in [0, 0.05) is 19.6 Å². The van der Waals surface area contributed by atoms with Crippen molar-refractivity contribution in [3.05, 3.63) is 0 Å². The monoisotopic (exact) mass is 226 g/mol. The summed E-state index contributed by atoms with van der Waals surface area (Å²) in [5, 5.41) is 0. The van der Waals surface area contributed by atoms with Crippen LogP contribution in [0.3, 0.4) is 0 Å². The summed E-state index contributed by atoms with van der Waals surface area (Å²) in [7, 11) is 0. The van der Waals surface area contributed by atoms with Crippen LogP contribution in [-0.4, -0.2) is 61.8 Å². The summed E-state index contributed by atoms with van der Waals surface area (Å²) in [6.45, 7) is 10.4. The van der Waals surface area contributed by atoms with Crippen LogP contribution in [-0.2, 0) is 4.74 Å². The Balaban J connectivity index is 1.54. The molecule has 16 heavy (non-hydrogen) atoms. The predicted octanol–water partition coefficient (Wildman–Crippen LogP) is 1.58. The molecule has 0 saturated carbocycles. The van der Waals surface area contributed by atoms with Crippen LogP contribution < -0.4 is 0 Å². The Bertz CT molecular complexity index is 192. The van der Waals surface area contributed by atoms with Crippen molar-refractivity contribution in [2.75, 3.05) is 45.9 Å². The Labute approximate surface area is 99.7 Å². The number of ether oxygens (including phenoxy) is 1. The molecule has 2 fully saturated rings. The van der Waals surface area contributed by atoms with Crippen LogP contribution >= 0.6 is 0 Å². The van der Waals surface area contributed by atoms with E-state index in [0.717, 1.165) is 19.7 Å². The van der Waals surface area contributed by atoms with E-state index in [2.05, 4.69) is 16.7 Å². The number of rotatable bonds is 5. The second kappa shape index (κ2) is 6.58. The summed E-state index contributed by atoms with van der Waals surface area (Å²) in [5.74, 6) is 0. The van der Waals surface area contributed by atoms with Gasteiger partial charge < -0.3 is 14.5 Å². The number of hydrogen-bond acceptors (Lipinski definition) is 3. The molecule has 2 aliphatic heterocycles. The highest BCUT2D eigenvalue weighted by molar-refractivity contribution is 4.75. The first-order valence-corrected chi connectivity index (χ1v) is 6.95. The van der Waals surface area contributed by atoms with E-state index in [1.165, 1.54) is 51.9 Å². The van der Waals surface area contributed by atoms with Crippen molar-refractivity contribution in [2.24, 2.45) is 0 Å². The van der Waals surface area contributed by atoms with E-state index >= 15 is 0 Å². The molecular weight excluding hydrogens is 200 g/mol. The van der Waals surface area contributed by atoms with Crippen molar-refractivity contribution in [2.45, 2.75) is 38.7 Å². The standard InChI is InChI=1S/C13H26N2O/c1-2-14-9-6-13(12-14)16-11-10-15-7-4-3-5-8-15/h13H,2-12H2,1H3. The predicted molar refractivity (Wildman–Crippen MR) is 66.8 cm³/mol. The topological polar surface area (TPSA) is 15.7 Å². The number of nitrogens with zero attached hydrogens (tertiary/aromatic N) is 2. The third kappa shape index (κ3) is 3.72. The van der Waals surface area contributed by atoms with Crippen LogP contribution in [0.25, 0.3) is 0 Å². The molecule has 2 rings (SSSR count). The van der Waals surface area contributed by atoms with E-state index in [-0.39, 0.29) is 0 Å². The van der Waals surface area contributed by atoms with Gasteiger partial charge in [0.05, 0.1) is 12.7 Å². The van der Waals surface area contributed by atoms with E-state index in [0.29, 0.717) is 6.10 Å². The Morgan fingerprint density at radius 3 is 2.56 bits per heavy atom. The first-order valence-electron chi connectivity index (χ1n) is 6.95. The maximum Gasteiger partial charge on any atom is 0.0714 e. The minimum atomic E-state index is 0.504. The zero-order valence-corrected chi connectivity index (χ0v) is 10.7. The van der Waals surface area contributed by atoms with Crippen LogP contribution in [0.15, 0.2) is 0 Å². The van der Waals surface area contributed by atoms with Gasteiger partial charge in [0.25, 0.3) is 0 Å². The average Bonchev–Trinajstić information content (AvgIpc) is 2.78. The SMILES string of the molecule is CCN1CCC(OCCN2CCCCC2)C1. The molecular formula is C13H26N2O. The molecule has 1 unspecified atom stereocenters. The summed E-state index contributed by atoms with van der Waals surface area (Å²) in [5.41, 5.74) is 0. The van der Waals surface area contributed by atoms with Gasteiger partial charge in [0.2, 0.25) is 0 Å². The Morgan fingerprint density at radius 1 is 1.06 bits per heavy atom. The molecule has 0 aromatic heterocycles. The fraction of sp³-hybridized carbons (Fsp3) is 1.00. The normalized spacial score (nSPS) is 28.7. The molecule has 2 saturated heterocycles. The van der Waals surface area contributed by atoms with E-state index in [1.807, 2.05) is 0 Å². The van der Waals surface area contributed by atoms with E-state index < -0.39 is 0 Å². The van der Waals surface area contributed by atoms with E-state index in [4.69, 9.17) is 4.74 Å². The van der Waals surface area contributed by atoms with Crippen LogP contribution in [0.5, 0.6) is 0 Å². The largest absolute Gasteiger partial charge is 0.376 e. The number of likely N-dealkylation sites (N-methyl/N-ethyl adjacent to an activating group) is 1. The third-order valence-corrected chi connectivity index (χ3v) is 3.89. The molecule has 94 valence electrons. The quantitative estimate of drug-likeness (QED) is 0.708. The summed E-state index contributed by atoms with van der Waals surface area (Å²) in [6.07, 6.45) is 5.92. The molecule has 3 heteroatoms. The number of likely N-dealkylation sites (tertiary alicyclic amines) is 2. The Morgan fingerprint density at radius 2 is 1.88 bits per heavy atom. The molecule has 0 bridgehead atoms. The van der Waals surface area contributed by atoms with Gasteiger partial charge >= 0.3 is 0 Å². The molecule has 0 N–H and O–H groups in total. The minimum absolute atomic E-state index is 0.504. The first-order chi connectivity index (χ1) is 7.88. The van der Waals surface area contributed by atoms with E-state index in [1.54, 1.807) is 0 Å². The molecule has 0 aromatic carbocycles. The molecule has 0 aliphatic carbocycles. The van der Waals surface area contributed by atoms with Crippen molar-refractivity contribution >= 4 is 0 Å². The first kappa shape index (κ1) is 12.3. The van der Waals surface area contributed by atoms with Gasteiger partial charge in [-0.3, -0.25) is 0 Å². The molecule has 3 nitrogen and oxygen atoms in total. The lowest BCUT2D eigenvalue weighted by Crippen LogP contribution is -2.34. The summed E-state index contributed by atoms with van der Waals surface area (Å²) in [6, 6.07) is 0. The second-order valence-electron chi connectivity index (χ2n) is 5.08. The number of hydrogen-bond donors (Lipinski definition) is 0. The fourth-order valence-electron chi connectivity index (χ4n) is 2.75. The second-order valence-corrected chi connectivity index (χ2v) is 5.08. The summed E-state index contributed by atoms with van der Waals surface area (Å²) >= 11 is 0. The lowest BCUT2D eigenvalue weighted by atomic mass is 10.1. The summed E-state index contributed by atoms with van der Waals surface area (Å²) < 4.78 is 5.95. The van der Waals surface area contributed by atoms with E-state index in [9.17, 15) is 0 Å². The van der Waals surface area contributed by atoms with Gasteiger partial charge in [-0.25, -0.2) is 0 Å². The highest BCUT2D eigenvalue weighted by Crippen LogP contribution is 2.12. The van der Waals surface area contributed by atoms with Crippen LogP contribution in [0.1, 0.15) is 32.6 Å². The molecule has 0 spiro atoms. The lowest BCUT2D eigenvalue weighted by molar-refractivity contribution is 0.0399. The lowest BCUT2D eigenvalue weighted by Gasteiger charge is -2.26. The van der Waals surface area contributed by atoms with Crippen LogP contribution in [0, 0.1) is 0 Å². The highest BCUT2D eigenvalue weighted by atomic mass is 16.5. The fourth-order valence-corrected chi connectivity index (χ4v) is 2.75. The molecule has 0 radical (unpaired) electrons. The zero-order chi connectivity index (χ0) is 11.2. The maximum atomic E-state index is 5.95. The minimum Gasteiger partial charge on any atom is -0.376 e. The van der Waals surface area contributed by atoms with Crippen LogP contribution in [0.4, 0.5) is 0 Å². The molecule has 0 amide bonds. The maximum absolute atomic E-state index is 5.95. The molecule has 0 aromatic rings. The van der Waals surface area contributed by atoms with Gasteiger partial charge in [0.15, 0.2) is 0 Å². The van der Waals surface area contributed by atoms with Gasteiger partial charge in [-0.05, 0) is 38.9 Å². The molecule has 1 atom stereocenters. The van der Waals surface area contributed by atoms with Crippen molar-refractivity contribution in [3.8, 4) is 0 Å². The van der Waals surface area contributed by atoms with Gasteiger partial charge in [0.1, 0.15) is 0 Å². The smallest absolute Gasteiger partial charge is 0.0714 e. The zero-order valence-electron chi connectivity index (χ0n) is 10.7. The van der Waals surface area contributed by atoms with Gasteiger partial charge in [-0.1, -0.05) is 13.3 Å². The van der Waals surface area contributed by atoms with Gasteiger partial charge in [-0.15, -0.1) is 0 Å². The highest BCUT2D eigenvalue weighted by Gasteiger charge is 2.21. The van der Waals surface area contributed by atoms with Gasteiger partial charge in [-0.2, -0.15) is 0 Å². The van der Waals surface area contributed by atoms with Crippen LogP contribution in [0.2, 0.25) is 0 Å². The average molecular weight is 226 g/mol. The molecule has 2 aliphatic rings. The van der Waals surface area contributed by atoms with Crippen molar-refractivity contribution < 1.29 is 4.74 Å². The summed E-state index contributed by atoms with van der Waals surface area (Å²) in [4.78, 5) is 5.03. The third-order valence-electron chi connectivity index (χ3n) is 3.89. The van der Waals surface area contributed by atoms with Crippen molar-refractivity contribution in [1.29, 1.82) is 0 Å². The van der Waals surface area contributed by atoms with Crippen molar-refractivity contribution in [1.82, 2.24) is 9.80 Å². The van der Waals surface area contributed by atoms with Crippen molar-refractivity contribution in [3.63, 3.8) is 0 Å². The molecule has 2 heterocycles.